The van der Waals surface area contributed by atoms with E-state index in [9.17, 15) is 9.90 Å². The topological polar surface area (TPSA) is 61.4 Å². The summed E-state index contributed by atoms with van der Waals surface area (Å²) in [5.74, 6) is 0.157. The Morgan fingerprint density at radius 1 is 1.42 bits per heavy atom. The van der Waals surface area contributed by atoms with Gasteiger partial charge in [-0.2, -0.15) is 0 Å². The quantitative estimate of drug-likeness (QED) is 0.778. The predicted molar refractivity (Wildman–Crippen MR) is 75.4 cm³/mol. The molecular weight excluding hydrogens is 240 g/mol. The van der Waals surface area contributed by atoms with Crippen LogP contribution in [0.15, 0.2) is 18.2 Å². The first-order valence-electron chi connectivity index (χ1n) is 6.79. The molecule has 2 rings (SSSR count). The molecule has 1 heterocycles. The number of amides is 1. The molecular formula is C15H22N2O2. The minimum atomic E-state index is -0.0668. The van der Waals surface area contributed by atoms with E-state index in [4.69, 9.17) is 0 Å². The molecule has 1 aliphatic heterocycles. The summed E-state index contributed by atoms with van der Waals surface area (Å²) in [6.07, 6.45) is 2.17. The molecule has 0 unspecified atom stereocenters. The average Bonchev–Trinajstić information content (AvgIpc) is 2.40. The van der Waals surface area contributed by atoms with E-state index >= 15 is 0 Å². The second kappa shape index (κ2) is 5.61. The van der Waals surface area contributed by atoms with Gasteiger partial charge in [0.05, 0.1) is 0 Å². The summed E-state index contributed by atoms with van der Waals surface area (Å²) in [5.41, 5.74) is 1.51. The molecule has 1 amide bonds. The summed E-state index contributed by atoms with van der Waals surface area (Å²) in [6.45, 7) is 6.75. The molecule has 1 aliphatic rings. The van der Waals surface area contributed by atoms with Gasteiger partial charge in [0, 0.05) is 12.1 Å². The summed E-state index contributed by atoms with van der Waals surface area (Å²) >= 11 is 0. The van der Waals surface area contributed by atoms with Gasteiger partial charge in [-0.1, -0.05) is 6.92 Å². The molecule has 0 radical (unpaired) electrons. The normalized spacial score (nSPS) is 18.0. The lowest BCUT2D eigenvalue weighted by Gasteiger charge is -2.34. The van der Waals surface area contributed by atoms with Crippen LogP contribution in [0.4, 0.5) is 0 Å². The number of aromatic hydroxyl groups is 1. The van der Waals surface area contributed by atoms with Crippen molar-refractivity contribution in [1.82, 2.24) is 10.6 Å². The van der Waals surface area contributed by atoms with Crippen molar-refractivity contribution in [2.75, 3.05) is 19.6 Å². The Morgan fingerprint density at radius 3 is 2.74 bits per heavy atom. The number of rotatable bonds is 3. The first-order chi connectivity index (χ1) is 9.00. The zero-order valence-electron chi connectivity index (χ0n) is 11.6. The highest BCUT2D eigenvalue weighted by molar-refractivity contribution is 5.94. The number of piperidine rings is 1. The van der Waals surface area contributed by atoms with Crippen molar-refractivity contribution in [2.24, 2.45) is 5.41 Å². The van der Waals surface area contributed by atoms with E-state index in [1.807, 2.05) is 0 Å². The minimum Gasteiger partial charge on any atom is -0.508 e. The van der Waals surface area contributed by atoms with E-state index in [1.165, 1.54) is 0 Å². The van der Waals surface area contributed by atoms with Crippen LogP contribution in [0.25, 0.3) is 0 Å². The summed E-state index contributed by atoms with van der Waals surface area (Å²) in [5, 5.41) is 15.8. The van der Waals surface area contributed by atoms with Crippen LogP contribution in [-0.4, -0.2) is 30.6 Å². The Bertz CT molecular complexity index is 465. The Hall–Kier alpha value is -1.55. The first-order valence-corrected chi connectivity index (χ1v) is 6.79. The van der Waals surface area contributed by atoms with Crippen molar-refractivity contribution in [3.8, 4) is 5.75 Å². The fraction of sp³-hybridized carbons (Fsp3) is 0.533. The van der Waals surface area contributed by atoms with Crippen LogP contribution in [0.2, 0.25) is 0 Å². The SMILES string of the molecule is Cc1cc(C(=O)NCC2(C)CCNCC2)ccc1O. The molecule has 0 atom stereocenters. The molecule has 0 aliphatic carbocycles. The molecule has 1 saturated heterocycles. The van der Waals surface area contributed by atoms with Crippen LogP contribution < -0.4 is 10.6 Å². The molecule has 104 valence electrons. The largest absolute Gasteiger partial charge is 0.508 e. The number of phenolic OH excluding ortho intramolecular Hbond substituents is 1. The van der Waals surface area contributed by atoms with Gasteiger partial charge >= 0.3 is 0 Å². The predicted octanol–water partition coefficient (Wildman–Crippen LogP) is 1.82. The van der Waals surface area contributed by atoms with Crippen molar-refractivity contribution in [2.45, 2.75) is 26.7 Å². The number of phenols is 1. The second-order valence-corrected chi connectivity index (χ2v) is 5.74. The molecule has 1 fully saturated rings. The molecule has 1 aromatic carbocycles. The van der Waals surface area contributed by atoms with E-state index < -0.39 is 0 Å². The van der Waals surface area contributed by atoms with Gasteiger partial charge in [0.15, 0.2) is 0 Å². The maximum Gasteiger partial charge on any atom is 0.251 e. The zero-order chi connectivity index (χ0) is 13.9. The summed E-state index contributed by atoms with van der Waals surface area (Å²) in [6, 6.07) is 4.94. The van der Waals surface area contributed by atoms with Crippen molar-refractivity contribution in [3.05, 3.63) is 29.3 Å². The van der Waals surface area contributed by atoms with Crippen LogP contribution >= 0.6 is 0 Å². The number of hydrogen-bond acceptors (Lipinski definition) is 3. The molecule has 0 saturated carbocycles. The Morgan fingerprint density at radius 2 is 2.11 bits per heavy atom. The second-order valence-electron chi connectivity index (χ2n) is 5.74. The Kier molecular flexibility index (Phi) is 4.10. The standard InChI is InChI=1S/C15H22N2O2/c1-11-9-12(3-4-13(11)18)14(19)17-10-15(2)5-7-16-8-6-15/h3-4,9,16,18H,5-8,10H2,1-2H3,(H,17,19). The highest BCUT2D eigenvalue weighted by atomic mass is 16.3. The minimum absolute atomic E-state index is 0.0668. The van der Waals surface area contributed by atoms with Gasteiger partial charge in [-0.15, -0.1) is 0 Å². The van der Waals surface area contributed by atoms with Gasteiger partial charge in [-0.25, -0.2) is 0 Å². The van der Waals surface area contributed by atoms with E-state index in [0.29, 0.717) is 12.1 Å². The summed E-state index contributed by atoms with van der Waals surface area (Å²) in [7, 11) is 0. The monoisotopic (exact) mass is 262 g/mol. The molecule has 4 heteroatoms. The lowest BCUT2D eigenvalue weighted by atomic mass is 9.81. The highest BCUT2D eigenvalue weighted by Crippen LogP contribution is 2.26. The molecule has 19 heavy (non-hydrogen) atoms. The van der Waals surface area contributed by atoms with E-state index in [1.54, 1.807) is 25.1 Å². The first kappa shape index (κ1) is 13.9. The lowest BCUT2D eigenvalue weighted by molar-refractivity contribution is 0.0922. The van der Waals surface area contributed by atoms with Gasteiger partial charge in [0.1, 0.15) is 5.75 Å². The Labute approximate surface area is 114 Å². The molecule has 3 N–H and O–H groups in total. The fourth-order valence-corrected chi connectivity index (χ4v) is 2.40. The van der Waals surface area contributed by atoms with Gasteiger partial charge in [0.25, 0.3) is 5.91 Å². The smallest absolute Gasteiger partial charge is 0.251 e. The average molecular weight is 262 g/mol. The number of carbonyl (C=O) groups excluding carboxylic acids is 1. The summed E-state index contributed by atoms with van der Waals surface area (Å²) < 4.78 is 0. The van der Waals surface area contributed by atoms with E-state index in [-0.39, 0.29) is 17.1 Å². The third kappa shape index (κ3) is 3.47. The van der Waals surface area contributed by atoms with Crippen LogP contribution in [0.3, 0.4) is 0 Å². The summed E-state index contributed by atoms with van der Waals surface area (Å²) in [4.78, 5) is 12.1. The van der Waals surface area contributed by atoms with Crippen LogP contribution in [0.1, 0.15) is 35.7 Å². The number of benzene rings is 1. The third-order valence-electron chi connectivity index (χ3n) is 3.95. The zero-order valence-corrected chi connectivity index (χ0v) is 11.6. The van der Waals surface area contributed by atoms with Gasteiger partial charge < -0.3 is 15.7 Å². The Balaban J connectivity index is 1.95. The van der Waals surface area contributed by atoms with Crippen molar-refractivity contribution in [1.29, 1.82) is 0 Å². The fourth-order valence-electron chi connectivity index (χ4n) is 2.40. The molecule has 4 nitrogen and oxygen atoms in total. The van der Waals surface area contributed by atoms with Crippen LogP contribution in [0, 0.1) is 12.3 Å². The third-order valence-corrected chi connectivity index (χ3v) is 3.95. The van der Waals surface area contributed by atoms with Gasteiger partial charge in [-0.3, -0.25) is 4.79 Å². The lowest BCUT2D eigenvalue weighted by Crippen LogP contribution is -2.42. The number of nitrogens with one attached hydrogen (secondary N) is 2. The van der Waals surface area contributed by atoms with Crippen LogP contribution in [0.5, 0.6) is 5.75 Å². The van der Waals surface area contributed by atoms with Crippen molar-refractivity contribution in [3.63, 3.8) is 0 Å². The number of aryl methyl sites for hydroxylation is 1. The maximum absolute atomic E-state index is 12.1. The molecule has 0 spiro atoms. The van der Waals surface area contributed by atoms with Crippen molar-refractivity contribution >= 4 is 5.91 Å². The van der Waals surface area contributed by atoms with Crippen LogP contribution in [-0.2, 0) is 0 Å². The van der Waals surface area contributed by atoms with E-state index in [2.05, 4.69) is 17.6 Å². The molecule has 1 aromatic rings. The highest BCUT2D eigenvalue weighted by Gasteiger charge is 2.27. The van der Waals surface area contributed by atoms with E-state index in [0.717, 1.165) is 31.5 Å². The van der Waals surface area contributed by atoms with Gasteiger partial charge in [0.2, 0.25) is 0 Å². The van der Waals surface area contributed by atoms with Gasteiger partial charge in [-0.05, 0) is 62.0 Å². The van der Waals surface area contributed by atoms with Crippen molar-refractivity contribution < 1.29 is 9.90 Å². The molecule has 0 bridgehead atoms. The number of carbonyl (C=O) groups is 1. The maximum atomic E-state index is 12.1. The molecule has 0 aromatic heterocycles. The number of hydrogen-bond donors (Lipinski definition) is 3.